The van der Waals surface area contributed by atoms with Gasteiger partial charge in [0, 0.05) is 23.9 Å². The lowest BCUT2D eigenvalue weighted by atomic mass is 9.96. The first-order chi connectivity index (χ1) is 9.28. The van der Waals surface area contributed by atoms with Crippen LogP contribution in [0.15, 0.2) is 20.9 Å². The van der Waals surface area contributed by atoms with Crippen molar-refractivity contribution >= 4 is 33.2 Å². The summed E-state index contributed by atoms with van der Waals surface area (Å²) in [6.07, 6.45) is 7.36. The summed E-state index contributed by atoms with van der Waals surface area (Å²) >= 11 is 5.23. The third-order valence-electron chi connectivity index (χ3n) is 3.34. The number of thiophene rings is 1. The molecule has 0 saturated heterocycles. The highest BCUT2D eigenvalue weighted by Gasteiger charge is 2.13. The van der Waals surface area contributed by atoms with E-state index in [0.717, 1.165) is 18.9 Å². The molecule has 1 aromatic rings. The van der Waals surface area contributed by atoms with Gasteiger partial charge in [-0.05, 0) is 40.9 Å². The number of hydrogen-bond donors (Lipinski definition) is 3. The molecule has 0 unspecified atom stereocenters. The lowest BCUT2D eigenvalue weighted by molar-refractivity contribution is 0.410. The Morgan fingerprint density at radius 1 is 1.37 bits per heavy atom. The molecular weight excluding hydrogens is 324 g/mol. The zero-order valence-electron chi connectivity index (χ0n) is 11.0. The first kappa shape index (κ1) is 14.8. The van der Waals surface area contributed by atoms with Crippen molar-refractivity contribution in [1.29, 1.82) is 0 Å². The number of nitrogens with zero attached hydrogens (tertiary/aromatic N) is 1. The minimum absolute atomic E-state index is 0.527. The second kappa shape index (κ2) is 7.87. The van der Waals surface area contributed by atoms with Crippen LogP contribution in [-0.4, -0.2) is 18.5 Å². The van der Waals surface area contributed by atoms with Crippen LogP contribution >= 0.6 is 27.3 Å². The molecule has 1 aliphatic carbocycles. The van der Waals surface area contributed by atoms with Crippen molar-refractivity contribution < 1.29 is 0 Å². The molecule has 1 aromatic heterocycles. The van der Waals surface area contributed by atoms with Gasteiger partial charge in [-0.2, -0.15) is 0 Å². The number of guanidine groups is 1. The molecule has 1 aliphatic rings. The summed E-state index contributed by atoms with van der Waals surface area (Å²) in [6.45, 7) is 0.756. The Balaban J connectivity index is 1.77. The Bertz CT molecular complexity index is 413. The van der Waals surface area contributed by atoms with Gasteiger partial charge in [-0.3, -0.25) is 10.4 Å². The van der Waals surface area contributed by atoms with E-state index in [1.807, 2.05) is 0 Å². The minimum atomic E-state index is 0.527. The van der Waals surface area contributed by atoms with E-state index in [1.54, 1.807) is 11.3 Å². The van der Waals surface area contributed by atoms with Gasteiger partial charge in [-0.1, -0.05) is 19.3 Å². The quantitative estimate of drug-likeness (QED) is 0.340. The maximum absolute atomic E-state index is 5.53. The maximum Gasteiger partial charge on any atom is 0.205 e. The van der Waals surface area contributed by atoms with Gasteiger partial charge < -0.3 is 5.32 Å². The Morgan fingerprint density at radius 2 is 2.16 bits per heavy atom. The highest BCUT2D eigenvalue weighted by Crippen LogP contribution is 2.22. The zero-order chi connectivity index (χ0) is 13.5. The average molecular weight is 345 g/mol. The number of aliphatic imine (C=N–C) groups is 1. The Hall–Kier alpha value is -0.590. The lowest BCUT2D eigenvalue weighted by Gasteiger charge is -2.24. The molecule has 1 heterocycles. The van der Waals surface area contributed by atoms with Crippen LogP contribution < -0.4 is 16.6 Å². The average Bonchev–Trinajstić information content (AvgIpc) is 2.84. The Morgan fingerprint density at radius 3 is 2.79 bits per heavy atom. The molecule has 6 heteroatoms. The Labute approximate surface area is 127 Å². The van der Waals surface area contributed by atoms with Gasteiger partial charge in [-0.25, -0.2) is 5.84 Å². The standard InChI is InChI=1S/C13H21BrN4S/c14-12-7-6-11(19-12)8-9-16-13(18-15)17-10-4-2-1-3-5-10/h6-7,10H,1-5,8-9,15H2,(H2,16,17,18). The van der Waals surface area contributed by atoms with Gasteiger partial charge in [0.15, 0.2) is 0 Å². The van der Waals surface area contributed by atoms with Crippen molar-refractivity contribution in [2.24, 2.45) is 10.8 Å². The summed E-state index contributed by atoms with van der Waals surface area (Å²) in [7, 11) is 0. The predicted molar refractivity (Wildman–Crippen MR) is 85.4 cm³/mol. The zero-order valence-corrected chi connectivity index (χ0v) is 13.4. The molecule has 0 radical (unpaired) electrons. The third kappa shape index (κ3) is 5.12. The first-order valence-electron chi connectivity index (χ1n) is 6.80. The van der Waals surface area contributed by atoms with Crippen LogP contribution in [0.5, 0.6) is 0 Å². The normalized spacial score (nSPS) is 17.5. The summed E-state index contributed by atoms with van der Waals surface area (Å²) in [5.41, 5.74) is 2.67. The van der Waals surface area contributed by atoms with E-state index in [-0.39, 0.29) is 0 Å². The number of hydrazine groups is 1. The van der Waals surface area contributed by atoms with Gasteiger partial charge in [-0.15, -0.1) is 11.3 Å². The van der Waals surface area contributed by atoms with Gasteiger partial charge in [0.1, 0.15) is 0 Å². The number of hydrogen-bond acceptors (Lipinski definition) is 3. The number of rotatable bonds is 4. The van der Waals surface area contributed by atoms with Crippen LogP contribution in [-0.2, 0) is 6.42 Å². The molecule has 0 aromatic carbocycles. The number of nitrogens with one attached hydrogen (secondary N) is 2. The third-order valence-corrected chi connectivity index (χ3v) is 5.02. The van der Waals surface area contributed by atoms with Crippen LogP contribution in [0.4, 0.5) is 0 Å². The molecule has 4 nitrogen and oxygen atoms in total. The minimum Gasteiger partial charge on any atom is -0.353 e. The molecule has 0 amide bonds. The van der Waals surface area contributed by atoms with Crippen LogP contribution in [0.2, 0.25) is 0 Å². The molecule has 0 atom stereocenters. The van der Waals surface area contributed by atoms with Crippen molar-refractivity contribution in [3.63, 3.8) is 0 Å². The fourth-order valence-electron chi connectivity index (χ4n) is 2.34. The summed E-state index contributed by atoms with van der Waals surface area (Å²) in [4.78, 5) is 5.84. The van der Waals surface area contributed by atoms with E-state index in [2.05, 4.69) is 43.8 Å². The van der Waals surface area contributed by atoms with Crippen molar-refractivity contribution in [3.8, 4) is 0 Å². The van der Waals surface area contributed by atoms with Crippen LogP contribution in [0.3, 0.4) is 0 Å². The van der Waals surface area contributed by atoms with E-state index < -0.39 is 0 Å². The SMILES string of the molecule is NNC(=NCCc1ccc(Br)s1)NC1CCCCC1. The fraction of sp³-hybridized carbons (Fsp3) is 0.615. The topological polar surface area (TPSA) is 62.4 Å². The highest BCUT2D eigenvalue weighted by atomic mass is 79.9. The summed E-state index contributed by atoms with van der Waals surface area (Å²) in [6, 6.07) is 4.74. The van der Waals surface area contributed by atoms with Crippen LogP contribution in [0.1, 0.15) is 37.0 Å². The van der Waals surface area contributed by atoms with E-state index in [0.29, 0.717) is 6.04 Å². The van der Waals surface area contributed by atoms with Gasteiger partial charge >= 0.3 is 0 Å². The fourth-order valence-corrected chi connectivity index (χ4v) is 3.81. The monoisotopic (exact) mass is 344 g/mol. The molecule has 0 bridgehead atoms. The highest BCUT2D eigenvalue weighted by molar-refractivity contribution is 9.11. The molecule has 2 rings (SSSR count). The van der Waals surface area contributed by atoms with Crippen molar-refractivity contribution in [3.05, 3.63) is 20.8 Å². The first-order valence-corrected chi connectivity index (χ1v) is 8.40. The Kier molecular flexibility index (Phi) is 6.13. The van der Waals surface area contributed by atoms with E-state index >= 15 is 0 Å². The number of nitrogens with two attached hydrogens (primary N) is 1. The largest absolute Gasteiger partial charge is 0.353 e. The van der Waals surface area contributed by atoms with Gasteiger partial charge in [0.05, 0.1) is 3.79 Å². The second-order valence-electron chi connectivity index (χ2n) is 4.81. The van der Waals surface area contributed by atoms with E-state index in [1.165, 1.54) is 40.8 Å². The van der Waals surface area contributed by atoms with Crippen molar-refractivity contribution in [2.75, 3.05) is 6.54 Å². The summed E-state index contributed by atoms with van der Waals surface area (Å²) < 4.78 is 1.17. The van der Waals surface area contributed by atoms with Gasteiger partial charge in [0.25, 0.3) is 0 Å². The smallest absolute Gasteiger partial charge is 0.205 e. The molecule has 1 saturated carbocycles. The van der Waals surface area contributed by atoms with Gasteiger partial charge in [0.2, 0.25) is 5.96 Å². The molecule has 0 aliphatic heterocycles. The molecule has 106 valence electrons. The molecular formula is C13H21BrN4S. The molecule has 1 fully saturated rings. The number of halogens is 1. The predicted octanol–water partition coefficient (Wildman–Crippen LogP) is 2.79. The second-order valence-corrected chi connectivity index (χ2v) is 7.36. The van der Waals surface area contributed by atoms with Crippen LogP contribution in [0.25, 0.3) is 0 Å². The molecule has 0 spiro atoms. The van der Waals surface area contributed by atoms with E-state index in [4.69, 9.17) is 5.84 Å². The summed E-state index contributed by atoms with van der Waals surface area (Å²) in [5, 5.41) is 3.41. The molecule has 19 heavy (non-hydrogen) atoms. The summed E-state index contributed by atoms with van der Waals surface area (Å²) in [5.74, 6) is 6.25. The lowest BCUT2D eigenvalue weighted by Crippen LogP contribution is -2.47. The van der Waals surface area contributed by atoms with E-state index in [9.17, 15) is 0 Å². The van der Waals surface area contributed by atoms with Crippen molar-refractivity contribution in [1.82, 2.24) is 10.7 Å². The van der Waals surface area contributed by atoms with Crippen LogP contribution in [0, 0.1) is 0 Å². The molecule has 4 N–H and O–H groups in total. The van der Waals surface area contributed by atoms with Crippen molar-refractivity contribution in [2.45, 2.75) is 44.6 Å². The maximum atomic E-state index is 5.53.